The number of rotatable bonds is 3. The minimum absolute atomic E-state index is 0.119. The molecule has 2 atom stereocenters. The molecule has 20 heavy (non-hydrogen) atoms. The molecule has 108 valence electrons. The van der Waals surface area contributed by atoms with Gasteiger partial charge in [-0.2, -0.15) is 0 Å². The fourth-order valence-corrected chi connectivity index (χ4v) is 2.71. The topological polar surface area (TPSA) is 108 Å². The van der Waals surface area contributed by atoms with E-state index >= 15 is 0 Å². The molecule has 1 fully saturated rings. The van der Waals surface area contributed by atoms with Gasteiger partial charge in [-0.15, -0.1) is 0 Å². The maximum absolute atomic E-state index is 12.2. The van der Waals surface area contributed by atoms with Gasteiger partial charge in [-0.3, -0.25) is 14.4 Å². The van der Waals surface area contributed by atoms with Crippen LogP contribution in [0.15, 0.2) is 21.4 Å². The third-order valence-corrected chi connectivity index (χ3v) is 4.00. The van der Waals surface area contributed by atoms with Gasteiger partial charge in [-0.05, 0) is 28.4 Å². The number of carboxylic acids is 2. The van der Waals surface area contributed by atoms with Gasteiger partial charge in [0.25, 0.3) is 5.91 Å². The molecule has 2 N–H and O–H groups in total. The fraction of sp³-hybridized carbons (Fsp3) is 0.417. The summed E-state index contributed by atoms with van der Waals surface area (Å²) in [5.41, 5.74) is 0.294. The average molecular weight is 346 g/mol. The molecule has 1 aromatic rings. The smallest absolute Gasteiger partial charge is 0.309 e. The Labute approximate surface area is 122 Å². The quantitative estimate of drug-likeness (QED) is 0.854. The lowest BCUT2D eigenvalue weighted by Gasteiger charge is -2.34. The number of carboxylic acid groups (broad SMARTS) is 2. The summed E-state index contributed by atoms with van der Waals surface area (Å²) >= 11 is 3.09. The number of likely N-dealkylation sites (tertiary alicyclic amines) is 1. The van der Waals surface area contributed by atoms with E-state index in [0.29, 0.717) is 5.56 Å². The van der Waals surface area contributed by atoms with Gasteiger partial charge in [0.05, 0.1) is 23.7 Å². The molecular weight excluding hydrogens is 334 g/mol. The number of nitrogens with zero attached hydrogens (tertiary/aromatic N) is 1. The summed E-state index contributed by atoms with van der Waals surface area (Å²) in [5, 5.41) is 18.1. The molecule has 1 aromatic heterocycles. The molecule has 0 spiro atoms. The summed E-state index contributed by atoms with van der Waals surface area (Å²) < 4.78 is 5.24. The predicted octanol–water partition coefficient (Wildman–Crippen LogP) is 1.29. The van der Waals surface area contributed by atoms with Crippen LogP contribution in [0.5, 0.6) is 0 Å². The highest BCUT2D eigenvalue weighted by Gasteiger charge is 2.40. The van der Waals surface area contributed by atoms with Crippen LogP contribution >= 0.6 is 15.9 Å². The van der Waals surface area contributed by atoms with E-state index in [4.69, 9.17) is 14.6 Å². The fourth-order valence-electron chi connectivity index (χ4n) is 2.30. The zero-order chi connectivity index (χ0) is 14.9. The van der Waals surface area contributed by atoms with Crippen LogP contribution in [-0.2, 0) is 9.59 Å². The van der Waals surface area contributed by atoms with E-state index < -0.39 is 23.8 Å². The zero-order valence-electron chi connectivity index (χ0n) is 10.3. The molecule has 8 heteroatoms. The van der Waals surface area contributed by atoms with Gasteiger partial charge in [0.2, 0.25) is 0 Å². The molecule has 0 bridgehead atoms. The van der Waals surface area contributed by atoms with E-state index in [1.807, 2.05) is 0 Å². The van der Waals surface area contributed by atoms with Crippen molar-refractivity contribution >= 4 is 33.8 Å². The van der Waals surface area contributed by atoms with Crippen molar-refractivity contribution in [1.82, 2.24) is 4.90 Å². The molecular formula is C12H12BrNO6. The van der Waals surface area contributed by atoms with Crippen molar-refractivity contribution < 1.29 is 29.0 Å². The molecule has 0 aromatic carbocycles. The monoisotopic (exact) mass is 345 g/mol. The summed E-state index contributed by atoms with van der Waals surface area (Å²) in [4.78, 5) is 35.8. The normalized spacial score (nSPS) is 22.6. The van der Waals surface area contributed by atoms with Gasteiger partial charge in [-0.25, -0.2) is 0 Å². The van der Waals surface area contributed by atoms with Crippen molar-refractivity contribution in [3.05, 3.63) is 22.6 Å². The Kier molecular flexibility index (Phi) is 4.12. The number of halogens is 1. The van der Waals surface area contributed by atoms with Crippen LogP contribution in [0.1, 0.15) is 16.8 Å². The van der Waals surface area contributed by atoms with Crippen molar-refractivity contribution in [2.75, 3.05) is 13.1 Å². The van der Waals surface area contributed by atoms with Crippen molar-refractivity contribution in [2.24, 2.45) is 11.8 Å². The van der Waals surface area contributed by atoms with Crippen molar-refractivity contribution in [3.63, 3.8) is 0 Å². The SMILES string of the molecule is O=C(O)C1CCN(C(=O)c2ccoc2Br)CC1C(=O)O. The molecule has 2 rings (SSSR count). The summed E-state index contributed by atoms with van der Waals surface area (Å²) in [6.07, 6.45) is 1.46. The Morgan fingerprint density at radius 3 is 2.40 bits per heavy atom. The molecule has 0 aliphatic carbocycles. The van der Waals surface area contributed by atoms with Crippen LogP contribution in [0, 0.1) is 11.8 Å². The first-order valence-corrected chi connectivity index (χ1v) is 6.69. The first-order chi connectivity index (χ1) is 9.41. The van der Waals surface area contributed by atoms with Crippen molar-refractivity contribution in [1.29, 1.82) is 0 Å². The third kappa shape index (κ3) is 2.69. The summed E-state index contributed by atoms with van der Waals surface area (Å²) in [5.74, 6) is -4.80. The molecule has 7 nitrogen and oxygen atoms in total. The number of carbonyl (C=O) groups excluding carboxylic acids is 1. The van der Waals surface area contributed by atoms with Gasteiger partial charge < -0.3 is 19.5 Å². The van der Waals surface area contributed by atoms with E-state index in [9.17, 15) is 14.4 Å². The Bertz CT molecular complexity index is 554. The zero-order valence-corrected chi connectivity index (χ0v) is 11.9. The molecule has 1 saturated heterocycles. The van der Waals surface area contributed by atoms with Crippen molar-refractivity contribution in [3.8, 4) is 0 Å². The van der Waals surface area contributed by atoms with Gasteiger partial charge >= 0.3 is 11.9 Å². The second-order valence-electron chi connectivity index (χ2n) is 4.54. The highest BCUT2D eigenvalue weighted by Crippen LogP contribution is 2.27. The van der Waals surface area contributed by atoms with E-state index in [-0.39, 0.29) is 30.1 Å². The molecule has 0 saturated carbocycles. The number of aliphatic carboxylic acids is 2. The summed E-state index contributed by atoms with van der Waals surface area (Å²) in [6.45, 7) is 0.0833. The van der Waals surface area contributed by atoms with Gasteiger partial charge in [0, 0.05) is 13.1 Å². The highest BCUT2D eigenvalue weighted by molar-refractivity contribution is 9.10. The second-order valence-corrected chi connectivity index (χ2v) is 5.26. The predicted molar refractivity (Wildman–Crippen MR) is 69.2 cm³/mol. The minimum Gasteiger partial charge on any atom is -0.481 e. The standard InChI is InChI=1S/C12H12BrNO6/c13-9-7(2-4-20-9)10(15)14-3-1-6(11(16)17)8(5-14)12(18)19/h2,4,6,8H,1,3,5H2,(H,16,17)(H,18,19). The number of piperidine rings is 1. The lowest BCUT2D eigenvalue weighted by atomic mass is 9.85. The molecule has 2 unspecified atom stereocenters. The summed E-state index contributed by atoms with van der Waals surface area (Å²) in [7, 11) is 0. The van der Waals surface area contributed by atoms with Crippen molar-refractivity contribution in [2.45, 2.75) is 6.42 Å². The van der Waals surface area contributed by atoms with Crippen LogP contribution in [0.3, 0.4) is 0 Å². The van der Waals surface area contributed by atoms with Crippen LogP contribution in [0.25, 0.3) is 0 Å². The Morgan fingerprint density at radius 1 is 1.25 bits per heavy atom. The number of hydrogen-bond donors (Lipinski definition) is 2. The van der Waals surface area contributed by atoms with Crippen LogP contribution in [-0.4, -0.2) is 46.0 Å². The number of furan rings is 1. The van der Waals surface area contributed by atoms with E-state index in [1.165, 1.54) is 17.2 Å². The molecule has 2 heterocycles. The lowest BCUT2D eigenvalue weighted by Crippen LogP contribution is -2.48. The van der Waals surface area contributed by atoms with Crippen LogP contribution in [0.2, 0.25) is 0 Å². The Balaban J connectivity index is 2.17. The second kappa shape index (κ2) is 5.66. The Hall–Kier alpha value is -1.83. The van der Waals surface area contributed by atoms with Gasteiger partial charge in [0.15, 0.2) is 4.67 Å². The number of amides is 1. The maximum atomic E-state index is 12.2. The maximum Gasteiger partial charge on any atom is 0.309 e. The number of hydrogen-bond acceptors (Lipinski definition) is 4. The number of carbonyl (C=O) groups is 3. The van der Waals surface area contributed by atoms with Crippen LogP contribution in [0.4, 0.5) is 0 Å². The van der Waals surface area contributed by atoms with E-state index in [0.717, 1.165) is 0 Å². The van der Waals surface area contributed by atoms with Crippen LogP contribution < -0.4 is 0 Å². The average Bonchev–Trinajstić information content (AvgIpc) is 2.83. The largest absolute Gasteiger partial charge is 0.481 e. The third-order valence-electron chi connectivity index (χ3n) is 3.38. The highest BCUT2D eigenvalue weighted by atomic mass is 79.9. The summed E-state index contributed by atoms with van der Waals surface area (Å²) in [6, 6.07) is 1.48. The van der Waals surface area contributed by atoms with E-state index in [2.05, 4.69) is 15.9 Å². The molecule has 1 aliphatic heterocycles. The van der Waals surface area contributed by atoms with E-state index in [1.54, 1.807) is 0 Å². The van der Waals surface area contributed by atoms with Gasteiger partial charge in [0.1, 0.15) is 0 Å². The minimum atomic E-state index is -1.21. The molecule has 1 amide bonds. The Morgan fingerprint density at radius 2 is 1.90 bits per heavy atom. The molecule has 0 radical (unpaired) electrons. The van der Waals surface area contributed by atoms with Gasteiger partial charge in [-0.1, -0.05) is 0 Å². The first-order valence-electron chi connectivity index (χ1n) is 5.89. The lowest BCUT2D eigenvalue weighted by molar-refractivity contribution is -0.156. The first kappa shape index (κ1) is 14.6. The molecule has 1 aliphatic rings.